The van der Waals surface area contributed by atoms with Crippen molar-refractivity contribution in [2.24, 2.45) is 0 Å². The van der Waals surface area contributed by atoms with E-state index in [4.69, 9.17) is 4.42 Å². The van der Waals surface area contributed by atoms with Gasteiger partial charge in [0.15, 0.2) is 9.81 Å². The summed E-state index contributed by atoms with van der Waals surface area (Å²) in [5.74, 6) is -1.29. The van der Waals surface area contributed by atoms with Crippen LogP contribution in [0.15, 0.2) is 65.1 Å². The van der Waals surface area contributed by atoms with Gasteiger partial charge in [0, 0.05) is 0 Å². The number of hydrogen-bond acceptors (Lipinski definition) is 7. The van der Waals surface area contributed by atoms with E-state index in [1.807, 2.05) is 0 Å². The Labute approximate surface area is 166 Å². The summed E-state index contributed by atoms with van der Waals surface area (Å²) in [5, 5.41) is 7.03. The van der Waals surface area contributed by atoms with Gasteiger partial charge in [-0.3, -0.25) is 9.11 Å². The van der Waals surface area contributed by atoms with Gasteiger partial charge >= 0.3 is 0 Å². The summed E-state index contributed by atoms with van der Waals surface area (Å²) in [7, 11) is -9.58. The molecule has 29 heavy (non-hydrogen) atoms. The number of rotatable bonds is 6. The van der Waals surface area contributed by atoms with E-state index in [1.165, 1.54) is 0 Å². The van der Waals surface area contributed by atoms with E-state index in [0.717, 1.165) is 12.2 Å². The standard InChI is InChI=1S/C18H14N2O7S2/c21-28(22,23)15(11-13-7-3-1-4-8-13)17-19-20-18(27-17)16(29(24,25)26)12-14-9-5-2-6-10-14/h1-12H,(H,21,22,23)(H,24,25,26). The quantitative estimate of drug-likeness (QED) is 0.559. The fraction of sp³-hybridized carbons (Fsp3) is 0. The molecule has 1 aromatic heterocycles. The number of aromatic nitrogens is 2. The Hall–Kier alpha value is -3.12. The molecule has 0 saturated heterocycles. The van der Waals surface area contributed by atoms with Crippen LogP contribution in [0.4, 0.5) is 0 Å². The van der Waals surface area contributed by atoms with E-state index in [-0.39, 0.29) is 0 Å². The van der Waals surface area contributed by atoms with Gasteiger partial charge in [-0.05, 0) is 23.3 Å². The smallest absolute Gasteiger partial charge is 0.300 e. The molecule has 1 heterocycles. The van der Waals surface area contributed by atoms with E-state index >= 15 is 0 Å². The lowest BCUT2D eigenvalue weighted by molar-refractivity contribution is 0.487. The van der Waals surface area contributed by atoms with Crippen molar-refractivity contribution in [3.05, 3.63) is 83.6 Å². The highest BCUT2D eigenvalue weighted by Crippen LogP contribution is 2.27. The highest BCUT2D eigenvalue weighted by atomic mass is 32.2. The van der Waals surface area contributed by atoms with Crippen molar-refractivity contribution >= 4 is 42.2 Å². The molecule has 2 N–H and O–H groups in total. The van der Waals surface area contributed by atoms with Crippen LogP contribution in [0.2, 0.25) is 0 Å². The zero-order valence-corrected chi connectivity index (χ0v) is 16.2. The van der Waals surface area contributed by atoms with Gasteiger partial charge in [-0.15, -0.1) is 10.2 Å². The van der Waals surface area contributed by atoms with Crippen LogP contribution >= 0.6 is 0 Å². The molecule has 0 spiro atoms. The van der Waals surface area contributed by atoms with E-state index in [2.05, 4.69) is 10.2 Å². The maximum atomic E-state index is 11.8. The Morgan fingerprint density at radius 2 is 1.03 bits per heavy atom. The van der Waals surface area contributed by atoms with Crippen LogP contribution in [0.1, 0.15) is 22.9 Å². The molecule has 0 fully saturated rings. The molecular weight excluding hydrogens is 420 g/mol. The molecule has 0 atom stereocenters. The second-order valence-electron chi connectivity index (χ2n) is 5.70. The maximum absolute atomic E-state index is 11.8. The number of nitrogens with zero attached hydrogens (tertiary/aromatic N) is 2. The molecule has 0 radical (unpaired) electrons. The maximum Gasteiger partial charge on any atom is 0.300 e. The zero-order valence-electron chi connectivity index (χ0n) is 14.6. The van der Waals surface area contributed by atoms with Crippen molar-refractivity contribution in [3.63, 3.8) is 0 Å². The van der Waals surface area contributed by atoms with Crippen molar-refractivity contribution in [1.29, 1.82) is 0 Å². The van der Waals surface area contributed by atoms with Crippen LogP contribution < -0.4 is 0 Å². The third-order valence-electron chi connectivity index (χ3n) is 3.60. The average molecular weight is 434 g/mol. The third-order valence-corrected chi connectivity index (χ3v) is 5.29. The molecular formula is C18H14N2O7S2. The summed E-state index contributed by atoms with van der Waals surface area (Å²) >= 11 is 0. The highest BCUT2D eigenvalue weighted by Gasteiger charge is 2.27. The summed E-state index contributed by atoms with van der Waals surface area (Å²) in [6.45, 7) is 0. The Morgan fingerprint density at radius 1 is 0.690 bits per heavy atom. The molecule has 0 bridgehead atoms. The van der Waals surface area contributed by atoms with Gasteiger partial charge in [0.1, 0.15) is 0 Å². The highest BCUT2D eigenvalue weighted by molar-refractivity contribution is 7.96. The van der Waals surface area contributed by atoms with Crippen molar-refractivity contribution < 1.29 is 30.4 Å². The zero-order chi connectivity index (χ0) is 21.1. The van der Waals surface area contributed by atoms with Crippen LogP contribution in [0.5, 0.6) is 0 Å². The monoisotopic (exact) mass is 434 g/mol. The predicted molar refractivity (Wildman–Crippen MR) is 106 cm³/mol. The lowest BCUT2D eigenvalue weighted by Crippen LogP contribution is -2.02. The Bertz CT molecular complexity index is 1180. The number of hydrogen-bond donors (Lipinski definition) is 2. The molecule has 3 rings (SSSR count). The minimum absolute atomic E-state index is 0.412. The average Bonchev–Trinajstić information content (AvgIpc) is 3.13. The molecule has 0 aliphatic rings. The molecule has 0 unspecified atom stereocenters. The van der Waals surface area contributed by atoms with Gasteiger partial charge in [0.05, 0.1) is 0 Å². The molecule has 0 saturated carbocycles. The summed E-state index contributed by atoms with van der Waals surface area (Å²) < 4.78 is 71.3. The second-order valence-corrected chi connectivity index (χ2v) is 8.48. The fourth-order valence-corrected chi connectivity index (χ4v) is 3.49. The van der Waals surface area contributed by atoms with E-state index in [9.17, 15) is 25.9 Å². The molecule has 0 aliphatic heterocycles. The minimum Gasteiger partial charge on any atom is -0.414 e. The van der Waals surface area contributed by atoms with Gasteiger partial charge in [0.25, 0.3) is 32.0 Å². The lowest BCUT2D eigenvalue weighted by Gasteiger charge is -2.01. The first kappa shape index (κ1) is 20.6. The summed E-state index contributed by atoms with van der Waals surface area (Å²) in [4.78, 5) is -1.45. The Morgan fingerprint density at radius 3 is 1.34 bits per heavy atom. The van der Waals surface area contributed by atoms with E-state index in [0.29, 0.717) is 11.1 Å². The molecule has 3 aromatic rings. The molecule has 0 aliphatic carbocycles. The molecule has 11 heteroatoms. The first-order valence-electron chi connectivity index (χ1n) is 7.97. The summed E-state index contributed by atoms with van der Waals surface area (Å²) in [6, 6.07) is 16.3. The molecule has 0 amide bonds. The van der Waals surface area contributed by atoms with Crippen LogP contribution in [0.25, 0.3) is 22.0 Å². The topological polar surface area (TPSA) is 148 Å². The van der Waals surface area contributed by atoms with Crippen LogP contribution in [-0.2, 0) is 20.2 Å². The third kappa shape index (κ3) is 5.23. The van der Waals surface area contributed by atoms with Crippen LogP contribution in [0, 0.1) is 0 Å². The lowest BCUT2D eigenvalue weighted by atomic mass is 10.2. The van der Waals surface area contributed by atoms with Crippen LogP contribution in [-0.4, -0.2) is 36.1 Å². The van der Waals surface area contributed by atoms with Gasteiger partial charge in [-0.2, -0.15) is 16.8 Å². The van der Waals surface area contributed by atoms with Crippen molar-refractivity contribution in [1.82, 2.24) is 10.2 Å². The summed E-state index contributed by atoms with van der Waals surface area (Å²) in [6.07, 6.45) is 2.17. The molecule has 2 aromatic carbocycles. The second kappa shape index (κ2) is 8.09. The fourth-order valence-electron chi connectivity index (χ4n) is 2.32. The normalized spacial score (nSPS) is 13.4. The van der Waals surface area contributed by atoms with Crippen molar-refractivity contribution in [2.75, 3.05) is 0 Å². The van der Waals surface area contributed by atoms with Gasteiger partial charge < -0.3 is 4.42 Å². The predicted octanol–water partition coefficient (Wildman–Crippen LogP) is 2.84. The van der Waals surface area contributed by atoms with Gasteiger partial charge in [-0.1, -0.05) is 60.7 Å². The van der Waals surface area contributed by atoms with Gasteiger partial charge in [0.2, 0.25) is 0 Å². The largest absolute Gasteiger partial charge is 0.414 e. The summed E-state index contributed by atoms with van der Waals surface area (Å²) in [5.41, 5.74) is 0.824. The number of benzene rings is 2. The first-order chi connectivity index (χ1) is 13.6. The van der Waals surface area contributed by atoms with Crippen molar-refractivity contribution in [2.45, 2.75) is 0 Å². The van der Waals surface area contributed by atoms with Gasteiger partial charge in [-0.25, -0.2) is 0 Å². The molecule has 9 nitrogen and oxygen atoms in total. The van der Waals surface area contributed by atoms with E-state index < -0.39 is 41.8 Å². The Balaban J connectivity index is 2.12. The van der Waals surface area contributed by atoms with E-state index in [1.54, 1.807) is 60.7 Å². The minimum atomic E-state index is -4.79. The SMILES string of the molecule is O=S(=O)(O)C(=Cc1ccccc1)c1nnc(C(=Cc2ccccc2)S(=O)(=O)O)o1. The van der Waals surface area contributed by atoms with Crippen LogP contribution in [0.3, 0.4) is 0 Å². The van der Waals surface area contributed by atoms with Crippen molar-refractivity contribution in [3.8, 4) is 0 Å². The first-order valence-corrected chi connectivity index (χ1v) is 10.9. The Kier molecular flexibility index (Phi) is 5.75. The molecule has 150 valence electrons.